The number of hydrogen-bond acceptors (Lipinski definition) is 2. The van der Waals surface area contributed by atoms with Crippen LogP contribution in [0.3, 0.4) is 0 Å². The lowest BCUT2D eigenvalue weighted by Gasteiger charge is -2.17. The second-order valence-electron chi connectivity index (χ2n) is 4.58. The van der Waals surface area contributed by atoms with Crippen molar-refractivity contribution in [1.82, 2.24) is 5.43 Å². The summed E-state index contributed by atoms with van der Waals surface area (Å²) < 4.78 is 13.7. The predicted molar refractivity (Wildman–Crippen MR) is 76.4 cm³/mol. The van der Waals surface area contributed by atoms with Crippen LogP contribution in [0.1, 0.15) is 22.7 Å². The quantitative estimate of drug-likeness (QED) is 0.663. The number of hydrogen-bond donors (Lipinski definition) is 2. The zero-order valence-electron chi connectivity index (χ0n) is 10.7. The van der Waals surface area contributed by atoms with Gasteiger partial charge in [0.2, 0.25) is 0 Å². The van der Waals surface area contributed by atoms with E-state index in [1.807, 2.05) is 31.2 Å². The highest BCUT2D eigenvalue weighted by molar-refractivity contribution is 6.30. The van der Waals surface area contributed by atoms with E-state index < -0.39 is 0 Å². The van der Waals surface area contributed by atoms with Crippen molar-refractivity contribution in [2.24, 2.45) is 5.84 Å². The molecule has 1 unspecified atom stereocenters. The van der Waals surface area contributed by atoms with Crippen LogP contribution < -0.4 is 11.3 Å². The van der Waals surface area contributed by atoms with Gasteiger partial charge in [0.1, 0.15) is 5.82 Å². The van der Waals surface area contributed by atoms with Gasteiger partial charge in [-0.1, -0.05) is 35.9 Å². The third kappa shape index (κ3) is 3.53. The Morgan fingerprint density at radius 2 is 2.00 bits per heavy atom. The van der Waals surface area contributed by atoms with Gasteiger partial charge in [0.05, 0.1) is 6.04 Å². The molecule has 0 aliphatic heterocycles. The number of nitrogens with one attached hydrogen (secondary N) is 1. The highest BCUT2D eigenvalue weighted by atomic mass is 35.5. The first kappa shape index (κ1) is 14.0. The van der Waals surface area contributed by atoms with Crippen LogP contribution in [-0.2, 0) is 6.42 Å². The molecular formula is C15H16ClFN2. The maximum absolute atomic E-state index is 13.7. The summed E-state index contributed by atoms with van der Waals surface area (Å²) in [6.45, 7) is 1.96. The van der Waals surface area contributed by atoms with Crippen LogP contribution in [0.4, 0.5) is 4.39 Å². The van der Waals surface area contributed by atoms with Crippen LogP contribution in [0, 0.1) is 12.7 Å². The molecule has 0 aromatic heterocycles. The van der Waals surface area contributed by atoms with Crippen molar-refractivity contribution in [2.45, 2.75) is 19.4 Å². The molecule has 0 amide bonds. The second-order valence-corrected chi connectivity index (χ2v) is 5.01. The van der Waals surface area contributed by atoms with Gasteiger partial charge in [0, 0.05) is 5.02 Å². The van der Waals surface area contributed by atoms with Crippen LogP contribution in [0.25, 0.3) is 0 Å². The number of hydrazine groups is 1. The van der Waals surface area contributed by atoms with E-state index in [1.54, 1.807) is 12.1 Å². The standard InChI is InChI=1S/C15H16ClFN2/c1-10-6-12(8-13(16)7-10)15(19-18)9-11-4-2-3-5-14(11)17/h2-8,15,19H,9,18H2,1H3. The summed E-state index contributed by atoms with van der Waals surface area (Å²) in [6.07, 6.45) is 0.475. The number of nitrogens with two attached hydrogens (primary N) is 1. The fourth-order valence-corrected chi connectivity index (χ4v) is 2.42. The lowest BCUT2D eigenvalue weighted by molar-refractivity contribution is 0.529. The first-order valence-corrected chi connectivity index (χ1v) is 6.44. The van der Waals surface area contributed by atoms with Crippen molar-refractivity contribution in [2.75, 3.05) is 0 Å². The van der Waals surface area contributed by atoms with Crippen LogP contribution in [0.2, 0.25) is 5.02 Å². The average Bonchev–Trinajstić information content (AvgIpc) is 2.36. The molecule has 2 aromatic rings. The van der Waals surface area contributed by atoms with E-state index in [1.165, 1.54) is 6.07 Å². The van der Waals surface area contributed by atoms with Crippen LogP contribution in [0.5, 0.6) is 0 Å². The maximum Gasteiger partial charge on any atom is 0.126 e. The monoisotopic (exact) mass is 278 g/mol. The number of halogens is 2. The van der Waals surface area contributed by atoms with Gasteiger partial charge in [0.25, 0.3) is 0 Å². The Morgan fingerprint density at radius 3 is 2.63 bits per heavy atom. The lowest BCUT2D eigenvalue weighted by atomic mass is 9.98. The molecule has 0 aliphatic carbocycles. The van der Waals surface area contributed by atoms with Gasteiger partial charge in [-0.3, -0.25) is 11.3 Å². The van der Waals surface area contributed by atoms with Gasteiger partial charge in [-0.15, -0.1) is 0 Å². The molecule has 2 nitrogen and oxygen atoms in total. The topological polar surface area (TPSA) is 38.0 Å². The number of benzene rings is 2. The minimum atomic E-state index is -0.221. The highest BCUT2D eigenvalue weighted by Crippen LogP contribution is 2.23. The largest absolute Gasteiger partial charge is 0.271 e. The first-order valence-electron chi connectivity index (χ1n) is 6.07. The predicted octanol–water partition coefficient (Wildman–Crippen LogP) is 3.53. The summed E-state index contributed by atoms with van der Waals surface area (Å²) in [7, 11) is 0. The molecule has 19 heavy (non-hydrogen) atoms. The van der Waals surface area contributed by atoms with Crippen LogP contribution in [-0.4, -0.2) is 0 Å². The Balaban J connectivity index is 2.28. The molecule has 0 spiro atoms. The molecule has 3 N–H and O–H groups in total. The highest BCUT2D eigenvalue weighted by Gasteiger charge is 2.13. The summed E-state index contributed by atoms with van der Waals surface area (Å²) in [5, 5.41) is 0.656. The Bertz CT molecular complexity index is 552. The van der Waals surface area contributed by atoms with E-state index in [0.717, 1.165) is 11.1 Å². The van der Waals surface area contributed by atoms with Gasteiger partial charge in [-0.2, -0.15) is 0 Å². The van der Waals surface area contributed by atoms with Crippen molar-refractivity contribution < 1.29 is 4.39 Å². The average molecular weight is 279 g/mol. The van der Waals surface area contributed by atoms with E-state index in [-0.39, 0.29) is 11.9 Å². The van der Waals surface area contributed by atoms with Crippen molar-refractivity contribution in [3.05, 3.63) is 70.0 Å². The van der Waals surface area contributed by atoms with Gasteiger partial charge < -0.3 is 0 Å². The van der Waals surface area contributed by atoms with E-state index >= 15 is 0 Å². The fourth-order valence-electron chi connectivity index (χ4n) is 2.12. The molecule has 0 fully saturated rings. The molecular weight excluding hydrogens is 263 g/mol. The Hall–Kier alpha value is -1.42. The number of rotatable bonds is 4. The van der Waals surface area contributed by atoms with Crippen molar-refractivity contribution in [3.8, 4) is 0 Å². The van der Waals surface area contributed by atoms with E-state index in [0.29, 0.717) is 17.0 Å². The summed E-state index contributed by atoms with van der Waals surface area (Å²) in [4.78, 5) is 0. The minimum Gasteiger partial charge on any atom is -0.271 e. The van der Waals surface area contributed by atoms with E-state index in [4.69, 9.17) is 17.4 Å². The molecule has 0 aliphatic rings. The molecule has 2 rings (SSSR count). The van der Waals surface area contributed by atoms with Gasteiger partial charge in [0.15, 0.2) is 0 Å². The maximum atomic E-state index is 13.7. The molecule has 100 valence electrons. The Labute approximate surface area is 117 Å². The smallest absolute Gasteiger partial charge is 0.126 e. The minimum absolute atomic E-state index is 0.172. The van der Waals surface area contributed by atoms with Crippen LogP contribution in [0.15, 0.2) is 42.5 Å². The Kier molecular flexibility index (Phi) is 4.53. The van der Waals surface area contributed by atoms with E-state index in [2.05, 4.69) is 5.43 Å². The molecule has 1 atom stereocenters. The third-order valence-electron chi connectivity index (χ3n) is 3.05. The number of aryl methyl sites for hydroxylation is 1. The fraction of sp³-hybridized carbons (Fsp3) is 0.200. The normalized spacial score (nSPS) is 12.4. The van der Waals surface area contributed by atoms with Crippen molar-refractivity contribution in [1.29, 1.82) is 0 Å². The van der Waals surface area contributed by atoms with Crippen molar-refractivity contribution >= 4 is 11.6 Å². The zero-order valence-corrected chi connectivity index (χ0v) is 11.4. The molecule has 0 saturated heterocycles. The van der Waals surface area contributed by atoms with Gasteiger partial charge >= 0.3 is 0 Å². The molecule has 2 aromatic carbocycles. The summed E-state index contributed by atoms with van der Waals surface area (Å²) in [5.74, 6) is 5.37. The molecule has 0 saturated carbocycles. The molecule has 0 bridgehead atoms. The van der Waals surface area contributed by atoms with Gasteiger partial charge in [-0.05, 0) is 48.2 Å². The molecule has 4 heteroatoms. The summed E-state index contributed by atoms with van der Waals surface area (Å²) in [5.41, 5.74) is 5.36. The SMILES string of the molecule is Cc1cc(Cl)cc(C(Cc2ccccc2F)NN)c1. The zero-order chi connectivity index (χ0) is 13.8. The molecule has 0 radical (unpaired) electrons. The summed E-state index contributed by atoms with van der Waals surface area (Å²) >= 11 is 6.04. The molecule has 0 heterocycles. The second kappa shape index (κ2) is 6.15. The van der Waals surface area contributed by atoms with E-state index in [9.17, 15) is 4.39 Å². The lowest BCUT2D eigenvalue weighted by Crippen LogP contribution is -2.29. The third-order valence-corrected chi connectivity index (χ3v) is 3.27. The Morgan fingerprint density at radius 1 is 1.26 bits per heavy atom. The first-order chi connectivity index (χ1) is 9.10. The van der Waals surface area contributed by atoms with Crippen molar-refractivity contribution in [3.63, 3.8) is 0 Å². The van der Waals surface area contributed by atoms with Gasteiger partial charge in [-0.25, -0.2) is 4.39 Å². The summed E-state index contributed by atoms with van der Waals surface area (Å²) in [6, 6.07) is 12.2. The van der Waals surface area contributed by atoms with Crippen LogP contribution >= 0.6 is 11.6 Å².